The molecule has 2 rings (SSSR count). The van der Waals surface area contributed by atoms with Crippen LogP contribution in [0.2, 0.25) is 0 Å². The Balaban J connectivity index is 1.96. The molecule has 0 saturated heterocycles. The molecule has 0 saturated carbocycles. The first-order valence-corrected chi connectivity index (χ1v) is 7.51. The van der Waals surface area contributed by atoms with Crippen molar-refractivity contribution in [2.75, 3.05) is 23.9 Å². The third-order valence-electron chi connectivity index (χ3n) is 2.33. The van der Waals surface area contributed by atoms with E-state index in [0.717, 1.165) is 10.2 Å². The summed E-state index contributed by atoms with van der Waals surface area (Å²) in [5.74, 6) is 1.40. The van der Waals surface area contributed by atoms with E-state index in [1.54, 1.807) is 25.3 Å². The largest absolute Gasteiger partial charge is 0.495 e. The lowest BCUT2D eigenvalue weighted by molar-refractivity contribution is -0.113. The van der Waals surface area contributed by atoms with Crippen molar-refractivity contribution in [1.82, 2.24) is 9.36 Å². The Morgan fingerprint density at radius 3 is 3.00 bits per heavy atom. The van der Waals surface area contributed by atoms with E-state index < -0.39 is 0 Å². The first kappa shape index (κ1) is 14.6. The molecule has 0 atom stereocenters. The van der Waals surface area contributed by atoms with Crippen LogP contribution < -0.4 is 15.8 Å². The molecule has 2 aromatic rings. The van der Waals surface area contributed by atoms with E-state index in [1.165, 1.54) is 23.3 Å². The number of rotatable bonds is 5. The number of hydrogen-bond donors (Lipinski definition) is 2. The Hall–Kier alpha value is -1.80. The molecular weight excluding hydrogens is 296 g/mol. The van der Waals surface area contributed by atoms with Gasteiger partial charge in [0.15, 0.2) is 4.34 Å². The summed E-state index contributed by atoms with van der Waals surface area (Å²) in [6.45, 7) is 1.82. The molecule has 106 valence electrons. The molecule has 0 aliphatic rings. The van der Waals surface area contributed by atoms with E-state index in [9.17, 15) is 4.79 Å². The van der Waals surface area contributed by atoms with E-state index in [0.29, 0.717) is 17.1 Å². The van der Waals surface area contributed by atoms with Crippen LogP contribution in [0.15, 0.2) is 22.5 Å². The highest BCUT2D eigenvalue weighted by Gasteiger charge is 2.10. The van der Waals surface area contributed by atoms with Gasteiger partial charge in [-0.2, -0.15) is 4.37 Å². The van der Waals surface area contributed by atoms with Gasteiger partial charge in [-0.25, -0.2) is 4.98 Å². The minimum absolute atomic E-state index is 0.147. The third-order valence-corrected chi connectivity index (χ3v) is 4.26. The zero-order chi connectivity index (χ0) is 14.5. The van der Waals surface area contributed by atoms with Crippen molar-refractivity contribution in [3.05, 3.63) is 24.0 Å². The predicted octanol–water partition coefficient (Wildman–Crippen LogP) is 2.17. The van der Waals surface area contributed by atoms with Crippen molar-refractivity contribution in [2.45, 2.75) is 11.3 Å². The number of carbonyl (C=O) groups is 1. The summed E-state index contributed by atoms with van der Waals surface area (Å²) in [7, 11) is 1.54. The number of anilines is 2. The maximum Gasteiger partial charge on any atom is 0.234 e. The molecule has 8 heteroatoms. The van der Waals surface area contributed by atoms with Crippen molar-refractivity contribution in [2.24, 2.45) is 0 Å². The van der Waals surface area contributed by atoms with Crippen molar-refractivity contribution in [3.8, 4) is 5.75 Å². The van der Waals surface area contributed by atoms with Gasteiger partial charge in [-0.15, -0.1) is 0 Å². The van der Waals surface area contributed by atoms with Gasteiger partial charge < -0.3 is 15.8 Å². The lowest BCUT2D eigenvalue weighted by Crippen LogP contribution is -2.14. The molecule has 3 N–H and O–H groups in total. The smallest absolute Gasteiger partial charge is 0.234 e. The highest BCUT2D eigenvalue weighted by molar-refractivity contribution is 8.01. The number of aromatic nitrogens is 2. The molecule has 0 unspecified atom stereocenters. The topological polar surface area (TPSA) is 90.1 Å². The van der Waals surface area contributed by atoms with Crippen LogP contribution in [-0.4, -0.2) is 28.1 Å². The van der Waals surface area contributed by atoms with Crippen LogP contribution in [0, 0.1) is 6.92 Å². The molecular formula is C12H14N4O2S2. The quantitative estimate of drug-likeness (QED) is 0.650. The Kier molecular flexibility index (Phi) is 4.80. The van der Waals surface area contributed by atoms with E-state index >= 15 is 0 Å². The molecule has 0 bridgehead atoms. The zero-order valence-corrected chi connectivity index (χ0v) is 12.7. The molecule has 0 aliphatic carbocycles. The second-order valence-corrected chi connectivity index (χ2v) is 5.88. The average Bonchev–Trinajstić information content (AvgIpc) is 2.83. The number of nitrogen functional groups attached to an aromatic ring is 1. The van der Waals surface area contributed by atoms with Gasteiger partial charge in [-0.3, -0.25) is 4.79 Å². The average molecular weight is 310 g/mol. The van der Waals surface area contributed by atoms with E-state index in [1.807, 2.05) is 6.92 Å². The molecule has 0 radical (unpaired) electrons. The maximum atomic E-state index is 11.9. The lowest BCUT2D eigenvalue weighted by Gasteiger charge is -2.10. The fraction of sp³-hybridized carbons (Fsp3) is 0.250. The second kappa shape index (κ2) is 6.58. The molecule has 20 heavy (non-hydrogen) atoms. The molecule has 1 heterocycles. The Morgan fingerprint density at radius 2 is 2.35 bits per heavy atom. The van der Waals surface area contributed by atoms with Gasteiger partial charge in [0.25, 0.3) is 0 Å². The van der Waals surface area contributed by atoms with E-state index in [4.69, 9.17) is 10.5 Å². The number of thioether (sulfide) groups is 1. The number of amides is 1. The van der Waals surface area contributed by atoms with Crippen LogP contribution >= 0.6 is 23.3 Å². The standard InChI is InChI=1S/C12H14N4O2S2/c1-7-14-12(20-16-7)19-6-11(17)15-9-5-8(13)3-4-10(9)18-2/h3-5H,6,13H2,1-2H3,(H,15,17). The maximum absolute atomic E-state index is 11.9. The minimum atomic E-state index is -0.147. The molecule has 0 aliphatic heterocycles. The zero-order valence-electron chi connectivity index (χ0n) is 11.0. The minimum Gasteiger partial charge on any atom is -0.495 e. The van der Waals surface area contributed by atoms with Crippen molar-refractivity contribution < 1.29 is 9.53 Å². The first-order chi connectivity index (χ1) is 9.58. The summed E-state index contributed by atoms with van der Waals surface area (Å²) in [5, 5.41) is 2.77. The van der Waals surface area contributed by atoms with Crippen molar-refractivity contribution in [3.63, 3.8) is 0 Å². The number of nitrogens with zero attached hydrogens (tertiary/aromatic N) is 2. The summed E-state index contributed by atoms with van der Waals surface area (Å²) in [6, 6.07) is 5.09. The molecule has 0 spiro atoms. The molecule has 1 aromatic heterocycles. The highest BCUT2D eigenvalue weighted by Crippen LogP contribution is 2.27. The van der Waals surface area contributed by atoms with Crippen LogP contribution in [0.25, 0.3) is 0 Å². The van der Waals surface area contributed by atoms with Crippen LogP contribution in [0.3, 0.4) is 0 Å². The molecule has 0 fully saturated rings. The van der Waals surface area contributed by atoms with Crippen molar-refractivity contribution >= 4 is 40.6 Å². The van der Waals surface area contributed by atoms with Gasteiger partial charge in [0, 0.05) is 5.69 Å². The third kappa shape index (κ3) is 3.84. The predicted molar refractivity (Wildman–Crippen MR) is 81.4 cm³/mol. The number of benzene rings is 1. The van der Waals surface area contributed by atoms with Gasteiger partial charge in [-0.1, -0.05) is 11.8 Å². The van der Waals surface area contributed by atoms with Crippen LogP contribution in [0.1, 0.15) is 5.82 Å². The number of hydrogen-bond acceptors (Lipinski definition) is 7. The Labute approximate surface area is 124 Å². The summed E-state index contributed by atoms with van der Waals surface area (Å²) >= 11 is 2.63. The summed E-state index contributed by atoms with van der Waals surface area (Å²) < 4.78 is 10.0. The van der Waals surface area contributed by atoms with Crippen LogP contribution in [0.5, 0.6) is 5.75 Å². The Bertz CT molecular complexity index is 615. The summed E-state index contributed by atoms with van der Waals surface area (Å²) in [6.07, 6.45) is 0. The first-order valence-electron chi connectivity index (χ1n) is 5.75. The summed E-state index contributed by atoms with van der Waals surface area (Å²) in [4.78, 5) is 16.1. The van der Waals surface area contributed by atoms with Crippen molar-refractivity contribution in [1.29, 1.82) is 0 Å². The lowest BCUT2D eigenvalue weighted by atomic mass is 10.2. The highest BCUT2D eigenvalue weighted by atomic mass is 32.2. The fourth-order valence-corrected chi connectivity index (χ4v) is 2.92. The van der Waals surface area contributed by atoms with Crippen LogP contribution in [0.4, 0.5) is 11.4 Å². The van der Waals surface area contributed by atoms with Gasteiger partial charge in [0.05, 0.1) is 18.6 Å². The molecule has 1 aromatic carbocycles. The molecule has 6 nitrogen and oxygen atoms in total. The normalized spacial score (nSPS) is 10.3. The number of methoxy groups -OCH3 is 1. The van der Waals surface area contributed by atoms with Gasteiger partial charge >= 0.3 is 0 Å². The number of aryl methyl sites for hydroxylation is 1. The fourth-order valence-electron chi connectivity index (χ4n) is 1.47. The van der Waals surface area contributed by atoms with Gasteiger partial charge in [0.2, 0.25) is 5.91 Å². The molecule has 1 amide bonds. The second-order valence-electron chi connectivity index (χ2n) is 3.90. The SMILES string of the molecule is COc1ccc(N)cc1NC(=O)CSc1nc(C)ns1. The van der Waals surface area contributed by atoms with Gasteiger partial charge in [-0.05, 0) is 36.7 Å². The summed E-state index contributed by atoms with van der Waals surface area (Å²) in [5.41, 5.74) is 6.82. The number of carbonyl (C=O) groups excluding carboxylic acids is 1. The monoisotopic (exact) mass is 310 g/mol. The van der Waals surface area contributed by atoms with Gasteiger partial charge in [0.1, 0.15) is 11.6 Å². The van der Waals surface area contributed by atoms with Crippen LogP contribution in [-0.2, 0) is 4.79 Å². The Morgan fingerprint density at radius 1 is 1.55 bits per heavy atom. The number of ether oxygens (including phenoxy) is 1. The van der Waals surface area contributed by atoms with E-state index in [2.05, 4.69) is 14.7 Å². The number of nitrogens with one attached hydrogen (secondary N) is 1. The number of nitrogens with two attached hydrogens (primary N) is 1. The van der Waals surface area contributed by atoms with E-state index in [-0.39, 0.29) is 11.7 Å².